The molecule has 2 amide bonds. The lowest BCUT2D eigenvalue weighted by Crippen LogP contribution is -2.32. The van der Waals surface area contributed by atoms with E-state index >= 15 is 0 Å². The fourth-order valence-corrected chi connectivity index (χ4v) is 4.43. The third-order valence-corrected chi connectivity index (χ3v) is 6.13. The van der Waals surface area contributed by atoms with E-state index in [2.05, 4.69) is 5.32 Å². The number of benzene rings is 3. The summed E-state index contributed by atoms with van der Waals surface area (Å²) in [5.41, 5.74) is 5.37. The van der Waals surface area contributed by atoms with Crippen molar-refractivity contribution in [1.29, 1.82) is 0 Å². The van der Waals surface area contributed by atoms with Gasteiger partial charge in [-0.15, -0.1) is 0 Å². The number of hydrogen-bond donors (Lipinski definition) is 1. The van der Waals surface area contributed by atoms with Crippen LogP contribution in [0, 0.1) is 13.8 Å². The molecule has 1 aliphatic heterocycles. The molecule has 0 saturated carbocycles. The van der Waals surface area contributed by atoms with Gasteiger partial charge in [-0.25, -0.2) is 0 Å². The van der Waals surface area contributed by atoms with Crippen molar-refractivity contribution in [3.63, 3.8) is 0 Å². The van der Waals surface area contributed by atoms with Gasteiger partial charge in [0, 0.05) is 17.8 Å². The predicted molar refractivity (Wildman–Crippen MR) is 132 cm³/mol. The lowest BCUT2D eigenvalue weighted by atomic mass is 10.0. The molecule has 0 spiro atoms. The summed E-state index contributed by atoms with van der Waals surface area (Å²) in [5.74, 6) is 0.966. The molecule has 0 aliphatic carbocycles. The van der Waals surface area contributed by atoms with Crippen molar-refractivity contribution in [2.45, 2.75) is 39.8 Å². The second kappa shape index (κ2) is 10.00. The molecule has 0 aromatic heterocycles. The Kier molecular flexibility index (Phi) is 6.87. The Morgan fingerprint density at radius 1 is 1.06 bits per heavy atom. The van der Waals surface area contributed by atoms with Crippen LogP contribution in [0.5, 0.6) is 11.5 Å². The molecular weight excluding hydrogens is 428 g/mol. The Bertz CT molecular complexity index is 1220. The standard InChI is InChI=1S/C28H30N2O4/c1-5-34-25-13-11-20(15-26(25)33-4)24(30-17-21-8-6-7-9-22(21)28(30)32)16-27(31)29-23-12-10-18(2)14-19(23)3/h6-15,24H,5,16-17H2,1-4H3,(H,29,31)/t24-/m1/s1. The monoisotopic (exact) mass is 458 g/mol. The molecule has 1 aliphatic rings. The third-order valence-electron chi connectivity index (χ3n) is 6.13. The number of hydrogen-bond acceptors (Lipinski definition) is 4. The van der Waals surface area contributed by atoms with Crippen LogP contribution in [-0.4, -0.2) is 30.4 Å². The van der Waals surface area contributed by atoms with Crippen molar-refractivity contribution in [2.24, 2.45) is 0 Å². The number of fused-ring (bicyclic) bond motifs is 1. The molecule has 3 aromatic carbocycles. The summed E-state index contributed by atoms with van der Waals surface area (Å²) < 4.78 is 11.2. The van der Waals surface area contributed by atoms with Crippen molar-refractivity contribution in [3.8, 4) is 11.5 Å². The van der Waals surface area contributed by atoms with Crippen LogP contribution in [0.4, 0.5) is 5.69 Å². The normalized spacial score (nSPS) is 13.4. The first-order chi connectivity index (χ1) is 16.4. The van der Waals surface area contributed by atoms with E-state index in [9.17, 15) is 9.59 Å². The van der Waals surface area contributed by atoms with Gasteiger partial charge in [-0.2, -0.15) is 0 Å². The third kappa shape index (κ3) is 4.76. The molecule has 0 fully saturated rings. The smallest absolute Gasteiger partial charge is 0.255 e. The second-order valence-electron chi connectivity index (χ2n) is 8.52. The van der Waals surface area contributed by atoms with E-state index < -0.39 is 6.04 Å². The van der Waals surface area contributed by atoms with Crippen molar-refractivity contribution >= 4 is 17.5 Å². The zero-order valence-corrected chi connectivity index (χ0v) is 20.1. The quantitative estimate of drug-likeness (QED) is 0.488. The van der Waals surface area contributed by atoms with Gasteiger partial charge < -0.3 is 19.7 Å². The highest BCUT2D eigenvalue weighted by atomic mass is 16.5. The molecule has 4 rings (SSSR count). The van der Waals surface area contributed by atoms with E-state index in [0.29, 0.717) is 30.2 Å². The fraction of sp³-hybridized carbons (Fsp3) is 0.286. The number of nitrogens with zero attached hydrogens (tertiary/aromatic N) is 1. The van der Waals surface area contributed by atoms with E-state index in [-0.39, 0.29) is 18.2 Å². The van der Waals surface area contributed by atoms with Gasteiger partial charge in [-0.3, -0.25) is 9.59 Å². The van der Waals surface area contributed by atoms with Crippen LogP contribution in [0.1, 0.15) is 52.0 Å². The summed E-state index contributed by atoms with van der Waals surface area (Å²) in [5, 5.41) is 3.02. The minimum Gasteiger partial charge on any atom is -0.493 e. The van der Waals surface area contributed by atoms with Crippen LogP contribution in [0.25, 0.3) is 0 Å². The second-order valence-corrected chi connectivity index (χ2v) is 8.52. The largest absolute Gasteiger partial charge is 0.493 e. The Morgan fingerprint density at radius 3 is 2.56 bits per heavy atom. The summed E-state index contributed by atoms with van der Waals surface area (Å²) in [6, 6.07) is 18.6. The molecule has 176 valence electrons. The number of rotatable bonds is 8. The molecule has 3 aromatic rings. The number of ether oxygens (including phenoxy) is 2. The summed E-state index contributed by atoms with van der Waals surface area (Å²) >= 11 is 0. The SMILES string of the molecule is CCOc1ccc([C@@H](CC(=O)Nc2ccc(C)cc2C)N2Cc3ccccc3C2=O)cc1OC. The van der Waals surface area contributed by atoms with E-state index in [1.807, 2.05) is 81.4 Å². The average molecular weight is 459 g/mol. The van der Waals surface area contributed by atoms with Crippen LogP contribution in [0.15, 0.2) is 60.7 Å². The van der Waals surface area contributed by atoms with E-state index in [4.69, 9.17) is 9.47 Å². The van der Waals surface area contributed by atoms with E-state index in [1.54, 1.807) is 12.0 Å². The van der Waals surface area contributed by atoms with Crippen LogP contribution >= 0.6 is 0 Å². The van der Waals surface area contributed by atoms with Gasteiger partial charge in [-0.05, 0) is 61.7 Å². The van der Waals surface area contributed by atoms with Gasteiger partial charge in [-0.1, -0.05) is 42.0 Å². The molecule has 0 radical (unpaired) electrons. The minimum absolute atomic E-state index is 0.0761. The molecule has 1 N–H and O–H groups in total. The molecule has 0 unspecified atom stereocenters. The van der Waals surface area contributed by atoms with Crippen LogP contribution in [0.3, 0.4) is 0 Å². The Morgan fingerprint density at radius 2 is 1.85 bits per heavy atom. The first kappa shape index (κ1) is 23.4. The summed E-state index contributed by atoms with van der Waals surface area (Å²) in [6.07, 6.45) is 0.115. The lowest BCUT2D eigenvalue weighted by Gasteiger charge is -2.28. The number of nitrogens with one attached hydrogen (secondary N) is 1. The fourth-order valence-electron chi connectivity index (χ4n) is 4.43. The maximum absolute atomic E-state index is 13.3. The first-order valence-corrected chi connectivity index (χ1v) is 11.5. The number of carbonyl (C=O) groups excluding carboxylic acids is 2. The highest BCUT2D eigenvalue weighted by Crippen LogP contribution is 2.37. The number of methoxy groups -OCH3 is 1. The predicted octanol–water partition coefficient (Wildman–Crippen LogP) is 5.44. The molecule has 0 saturated heterocycles. The summed E-state index contributed by atoms with van der Waals surface area (Å²) in [4.78, 5) is 28.3. The average Bonchev–Trinajstić information content (AvgIpc) is 3.16. The molecular formula is C28H30N2O4. The van der Waals surface area contributed by atoms with E-state index in [1.165, 1.54) is 0 Å². The van der Waals surface area contributed by atoms with Crippen LogP contribution in [-0.2, 0) is 11.3 Å². The molecule has 6 nitrogen and oxygen atoms in total. The lowest BCUT2D eigenvalue weighted by molar-refractivity contribution is -0.117. The Labute approximate surface area is 200 Å². The molecule has 0 bridgehead atoms. The molecule has 6 heteroatoms. The minimum atomic E-state index is -0.463. The summed E-state index contributed by atoms with van der Waals surface area (Å²) in [7, 11) is 1.58. The van der Waals surface area contributed by atoms with Crippen LogP contribution < -0.4 is 14.8 Å². The van der Waals surface area contributed by atoms with Crippen molar-refractivity contribution in [3.05, 3.63) is 88.5 Å². The van der Waals surface area contributed by atoms with Crippen molar-refractivity contribution in [2.75, 3.05) is 19.0 Å². The van der Waals surface area contributed by atoms with Crippen molar-refractivity contribution in [1.82, 2.24) is 4.90 Å². The van der Waals surface area contributed by atoms with Crippen LogP contribution in [0.2, 0.25) is 0 Å². The number of aryl methyl sites for hydroxylation is 2. The Hall–Kier alpha value is -3.80. The summed E-state index contributed by atoms with van der Waals surface area (Å²) in [6.45, 7) is 6.86. The number of carbonyl (C=O) groups is 2. The Balaban J connectivity index is 1.66. The number of anilines is 1. The first-order valence-electron chi connectivity index (χ1n) is 11.5. The van der Waals surface area contributed by atoms with E-state index in [0.717, 1.165) is 27.9 Å². The number of amides is 2. The molecule has 34 heavy (non-hydrogen) atoms. The molecule has 1 heterocycles. The van der Waals surface area contributed by atoms with Gasteiger partial charge >= 0.3 is 0 Å². The van der Waals surface area contributed by atoms with Gasteiger partial charge in [0.1, 0.15) is 0 Å². The zero-order chi connectivity index (χ0) is 24.2. The van der Waals surface area contributed by atoms with Crippen molar-refractivity contribution < 1.29 is 19.1 Å². The highest BCUT2D eigenvalue weighted by molar-refractivity contribution is 5.99. The van der Waals surface area contributed by atoms with Gasteiger partial charge in [0.2, 0.25) is 5.91 Å². The van der Waals surface area contributed by atoms with Gasteiger partial charge in [0.15, 0.2) is 11.5 Å². The topological polar surface area (TPSA) is 67.9 Å². The maximum Gasteiger partial charge on any atom is 0.255 e. The highest BCUT2D eigenvalue weighted by Gasteiger charge is 2.35. The zero-order valence-electron chi connectivity index (χ0n) is 20.1. The van der Waals surface area contributed by atoms with Gasteiger partial charge in [0.05, 0.1) is 26.2 Å². The van der Waals surface area contributed by atoms with Gasteiger partial charge in [0.25, 0.3) is 5.91 Å². The molecule has 1 atom stereocenters. The maximum atomic E-state index is 13.3.